The van der Waals surface area contributed by atoms with E-state index in [0.29, 0.717) is 33.2 Å². The maximum Gasteiger partial charge on any atom is 0.146 e. The highest BCUT2D eigenvalue weighted by atomic mass is 28.3. The Bertz CT molecular complexity index is 3310. The van der Waals surface area contributed by atoms with Crippen molar-refractivity contribution in [2.45, 2.75) is 272 Å². The zero-order valence-corrected chi connectivity index (χ0v) is 56.5. The zero-order chi connectivity index (χ0) is 58.6. The zero-order valence-electron chi connectivity index (χ0n) is 54.5. The van der Waals surface area contributed by atoms with Gasteiger partial charge in [-0.2, -0.15) is 0 Å². The molecule has 0 amide bonds. The van der Waals surface area contributed by atoms with Crippen molar-refractivity contribution in [3.05, 3.63) is 106 Å². The van der Waals surface area contributed by atoms with E-state index in [2.05, 4.69) is 207 Å². The van der Waals surface area contributed by atoms with Crippen LogP contribution in [-0.2, 0) is 25.7 Å². The quantitative estimate of drug-likeness (QED) is 0.0219. The van der Waals surface area contributed by atoms with Gasteiger partial charge in [-0.05, 0) is 217 Å². The van der Waals surface area contributed by atoms with Gasteiger partial charge in [-0.25, -0.2) is 0 Å². The van der Waals surface area contributed by atoms with Crippen molar-refractivity contribution < 1.29 is 0 Å². The molecule has 0 heterocycles. The molecular weight excluding hydrogens is 1020 g/mol. The Labute approximate surface area is 500 Å². The van der Waals surface area contributed by atoms with Gasteiger partial charge >= 0.3 is 0 Å². The lowest BCUT2D eigenvalue weighted by Crippen LogP contribution is -2.43. The lowest BCUT2D eigenvalue weighted by Gasteiger charge is -2.38. The van der Waals surface area contributed by atoms with Crippen LogP contribution >= 0.6 is 0 Å². The van der Waals surface area contributed by atoms with Crippen molar-refractivity contribution in [3.63, 3.8) is 0 Å². The van der Waals surface area contributed by atoms with E-state index in [0.717, 1.165) is 25.7 Å². The molecule has 0 nitrogen and oxygen atoms in total. The Morgan fingerprint density at radius 3 is 0.695 bits per heavy atom. The molecule has 0 aliphatic carbocycles. The summed E-state index contributed by atoms with van der Waals surface area (Å²) in [6.07, 6.45) is 24.7. The summed E-state index contributed by atoms with van der Waals surface area (Å²) in [6, 6.07) is 29.8. The summed E-state index contributed by atoms with van der Waals surface area (Å²) in [5.41, 5.74) is 20.8. The van der Waals surface area contributed by atoms with Gasteiger partial charge in [-0.15, -0.1) is 11.1 Å². The topological polar surface area (TPSA) is 0 Å². The van der Waals surface area contributed by atoms with E-state index < -0.39 is 16.1 Å². The van der Waals surface area contributed by atoms with Crippen molar-refractivity contribution in [3.8, 4) is 22.9 Å². The Kier molecular flexibility index (Phi) is 20.0. The van der Waals surface area contributed by atoms with Crippen LogP contribution in [0.15, 0.2) is 72.8 Å². The van der Waals surface area contributed by atoms with Crippen LogP contribution in [0.25, 0.3) is 86.2 Å². The third-order valence-corrected chi connectivity index (χ3v) is 33.6. The first kappa shape index (κ1) is 61.7. The lowest BCUT2D eigenvalue weighted by atomic mass is 9.77. The highest BCUT2D eigenvalue weighted by Gasteiger charge is 2.43. The molecular formula is C80H106Si2. The average Bonchev–Trinajstić information content (AvgIpc) is 2.13. The van der Waals surface area contributed by atoms with Crippen LogP contribution in [0.2, 0.25) is 33.2 Å². The minimum absolute atomic E-state index is 0.531. The molecule has 9 aromatic rings. The van der Waals surface area contributed by atoms with Crippen LogP contribution in [0, 0.1) is 22.9 Å². The fourth-order valence-corrected chi connectivity index (χ4v) is 27.2. The molecule has 2 heteroatoms. The fourth-order valence-electron chi connectivity index (χ4n) is 16.8. The molecule has 0 saturated heterocycles. The van der Waals surface area contributed by atoms with Crippen LogP contribution in [-0.4, -0.2) is 16.1 Å². The molecule has 0 saturated carbocycles. The third kappa shape index (κ3) is 11.1. The number of rotatable bonds is 26. The van der Waals surface area contributed by atoms with Gasteiger partial charge in [0.25, 0.3) is 0 Å². The van der Waals surface area contributed by atoms with Crippen LogP contribution in [0.4, 0.5) is 0 Å². The molecule has 0 fully saturated rings. The molecule has 0 radical (unpaired) electrons. The minimum Gasteiger partial charge on any atom is -0.125 e. The molecule has 9 rings (SSSR count). The molecule has 0 atom stereocenters. The highest BCUT2D eigenvalue weighted by molar-refractivity contribution is 6.91. The van der Waals surface area contributed by atoms with E-state index in [1.807, 2.05) is 0 Å². The number of hydrogen-bond acceptors (Lipinski definition) is 0. The van der Waals surface area contributed by atoms with Gasteiger partial charge in [0, 0.05) is 11.1 Å². The molecule has 0 aromatic heterocycles. The molecule has 0 N–H and O–H groups in total. The largest absolute Gasteiger partial charge is 0.146 e. The number of unbranched alkanes of at least 4 members (excludes halogenated alkanes) is 12. The highest BCUT2D eigenvalue weighted by Crippen LogP contribution is 2.52. The second kappa shape index (κ2) is 26.6. The van der Waals surface area contributed by atoms with E-state index in [1.165, 1.54) is 178 Å². The molecule has 0 aliphatic rings. The fraction of sp³-hybridized carbons (Fsp3) is 0.525. The predicted molar refractivity (Wildman–Crippen MR) is 376 cm³/mol. The van der Waals surface area contributed by atoms with E-state index in [9.17, 15) is 0 Å². The monoisotopic (exact) mass is 1120 g/mol. The Balaban J connectivity index is 1.51. The Morgan fingerprint density at radius 2 is 0.500 bits per heavy atom. The second-order valence-corrected chi connectivity index (χ2v) is 38.8. The van der Waals surface area contributed by atoms with Gasteiger partial charge in [0.05, 0.1) is 0 Å². The lowest BCUT2D eigenvalue weighted by molar-refractivity contribution is 0.668. The molecule has 0 bridgehead atoms. The second-order valence-electron chi connectivity index (χ2n) is 27.7. The van der Waals surface area contributed by atoms with Gasteiger partial charge in [-0.1, -0.05) is 248 Å². The van der Waals surface area contributed by atoms with Gasteiger partial charge < -0.3 is 0 Å². The molecule has 0 spiro atoms. The first-order valence-electron chi connectivity index (χ1n) is 33.9. The summed E-state index contributed by atoms with van der Waals surface area (Å²) >= 11 is 0. The summed E-state index contributed by atoms with van der Waals surface area (Å²) in [5, 5.41) is 23.2. The molecule has 0 aliphatic heterocycles. The number of fused-ring (bicyclic) bond motifs is 12. The van der Waals surface area contributed by atoms with Crippen molar-refractivity contribution in [1.82, 2.24) is 0 Å². The first-order valence-corrected chi connectivity index (χ1v) is 38.3. The predicted octanol–water partition coefficient (Wildman–Crippen LogP) is 25.4. The normalized spacial score (nSPS) is 12.9. The van der Waals surface area contributed by atoms with Crippen molar-refractivity contribution in [2.75, 3.05) is 0 Å². The third-order valence-electron chi connectivity index (χ3n) is 21.0. The van der Waals surface area contributed by atoms with Crippen LogP contribution in [0.3, 0.4) is 0 Å². The van der Waals surface area contributed by atoms with Gasteiger partial charge in [-0.3, -0.25) is 0 Å². The minimum atomic E-state index is -2.17. The van der Waals surface area contributed by atoms with Crippen molar-refractivity contribution in [1.29, 1.82) is 0 Å². The Morgan fingerprint density at radius 1 is 0.280 bits per heavy atom. The molecule has 434 valence electrons. The summed E-state index contributed by atoms with van der Waals surface area (Å²) in [4.78, 5) is 0. The number of aryl methyl sites for hydroxylation is 4. The summed E-state index contributed by atoms with van der Waals surface area (Å²) in [5.74, 6) is 8.64. The molecule has 9 aromatic carbocycles. The SMILES string of the molecule is CCCCCCc1c2ccccc2c(CCCCCC)c2c3cc4c(C#C[Si](C(C)C)(C(C)C)C(C)C)c5cc6c(cc5c(C#C[Si](C(C)C)(C(C)C)C(C)C)c4cc3c12)c1c(CCCCCC)c2ccccc2c(CCCCCC)c61. The van der Waals surface area contributed by atoms with Crippen LogP contribution < -0.4 is 0 Å². The van der Waals surface area contributed by atoms with E-state index in [1.54, 1.807) is 43.8 Å². The smallest absolute Gasteiger partial charge is 0.125 e. The van der Waals surface area contributed by atoms with Crippen LogP contribution in [0.1, 0.15) is 247 Å². The van der Waals surface area contributed by atoms with Gasteiger partial charge in [0.1, 0.15) is 16.1 Å². The number of benzene rings is 7. The maximum absolute atomic E-state index is 4.39. The first-order chi connectivity index (χ1) is 39.5. The number of hydrogen-bond donors (Lipinski definition) is 0. The summed E-state index contributed by atoms with van der Waals surface area (Å²) in [6.45, 7) is 39.2. The molecule has 0 unspecified atom stereocenters. The van der Waals surface area contributed by atoms with E-state index >= 15 is 0 Å². The van der Waals surface area contributed by atoms with Gasteiger partial charge in [0.15, 0.2) is 0 Å². The van der Waals surface area contributed by atoms with E-state index in [-0.39, 0.29) is 0 Å². The standard InChI is InChI=1S/C80H106Si2/c1-17-21-25-29-41-65-59-37-33-34-38-60(59)66(42-30-26-22-18-2)78-74-50-70-64(46-48-82(56(11)12,57(13)14)58(15)16)72-52-76-75(51-71(72)63(69(70)49-73(74)77(65)78)45-47-81(53(5)6,54(7)8)55(9)10)79-67(43-31-27-23-19-3)61-39-35-36-40-62(61)68(80(76)79)44-32-28-24-20-4/h33-40,49-58H,17-32,41-44H2,1-16H3. The van der Waals surface area contributed by atoms with Crippen molar-refractivity contribution in [2.24, 2.45) is 0 Å². The summed E-state index contributed by atoms with van der Waals surface area (Å²) < 4.78 is 0. The van der Waals surface area contributed by atoms with E-state index in [4.69, 9.17) is 0 Å². The average molecular weight is 1120 g/mol. The van der Waals surface area contributed by atoms with Crippen LogP contribution in [0.5, 0.6) is 0 Å². The maximum atomic E-state index is 4.39. The summed E-state index contributed by atoms with van der Waals surface area (Å²) in [7, 11) is -4.34. The molecule has 82 heavy (non-hydrogen) atoms. The van der Waals surface area contributed by atoms with Gasteiger partial charge in [0.2, 0.25) is 0 Å². The van der Waals surface area contributed by atoms with Crippen molar-refractivity contribution >= 4 is 102 Å². The Hall–Kier alpha value is -4.87.